The molecule has 0 aromatic heterocycles. The molecular weight excluding hydrogens is 426 g/mol. The third-order valence-corrected chi connectivity index (χ3v) is 7.45. The van der Waals surface area contributed by atoms with Crippen LogP contribution in [0.15, 0.2) is 23.1 Å². The van der Waals surface area contributed by atoms with Crippen LogP contribution in [0, 0.1) is 5.41 Å². The van der Waals surface area contributed by atoms with Crippen LogP contribution in [0.1, 0.15) is 36.8 Å². The molecule has 0 radical (unpaired) electrons. The molecule has 12 heteroatoms. The van der Waals surface area contributed by atoms with Gasteiger partial charge in [-0.3, -0.25) is 4.79 Å². The fourth-order valence-electron chi connectivity index (χ4n) is 3.85. The van der Waals surface area contributed by atoms with E-state index in [-0.39, 0.29) is 50.0 Å². The van der Waals surface area contributed by atoms with Crippen LogP contribution in [0.25, 0.3) is 0 Å². The van der Waals surface area contributed by atoms with Gasteiger partial charge >= 0.3 is 12.4 Å². The maximum atomic E-state index is 13.3. The molecule has 2 aliphatic rings. The van der Waals surface area contributed by atoms with Crippen molar-refractivity contribution in [2.45, 2.75) is 42.9 Å². The number of piperidine rings is 2. The Labute approximate surface area is 163 Å². The van der Waals surface area contributed by atoms with Crippen LogP contribution < -0.4 is 5.32 Å². The highest BCUT2D eigenvalue weighted by Crippen LogP contribution is 2.42. The molecule has 5 nitrogen and oxygen atoms in total. The minimum Gasteiger partial charge on any atom is -0.356 e. The zero-order chi connectivity index (χ0) is 21.7. The van der Waals surface area contributed by atoms with Crippen LogP contribution in [0.3, 0.4) is 0 Å². The van der Waals surface area contributed by atoms with E-state index in [1.807, 2.05) is 0 Å². The van der Waals surface area contributed by atoms with Gasteiger partial charge < -0.3 is 5.32 Å². The van der Waals surface area contributed by atoms with E-state index in [0.29, 0.717) is 19.4 Å². The van der Waals surface area contributed by atoms with E-state index in [2.05, 4.69) is 5.32 Å². The lowest BCUT2D eigenvalue weighted by molar-refractivity contribution is -0.143. The van der Waals surface area contributed by atoms with E-state index in [0.717, 1.165) is 4.31 Å². The summed E-state index contributed by atoms with van der Waals surface area (Å²) in [6.45, 7) is 0.00830. The smallest absolute Gasteiger partial charge is 0.356 e. The van der Waals surface area contributed by atoms with Crippen molar-refractivity contribution in [3.63, 3.8) is 0 Å². The first-order valence-electron chi connectivity index (χ1n) is 8.84. The number of amides is 1. The molecule has 2 aliphatic heterocycles. The van der Waals surface area contributed by atoms with Crippen molar-refractivity contribution in [2.75, 3.05) is 19.6 Å². The predicted molar refractivity (Wildman–Crippen MR) is 89.1 cm³/mol. The lowest BCUT2D eigenvalue weighted by Gasteiger charge is -2.42. The number of carbonyl (C=O) groups excluding carboxylic acids is 1. The van der Waals surface area contributed by atoms with Crippen LogP contribution >= 0.6 is 0 Å². The number of rotatable bonds is 2. The molecule has 162 valence electrons. The molecule has 2 fully saturated rings. The second-order valence-electron chi connectivity index (χ2n) is 7.25. The summed E-state index contributed by atoms with van der Waals surface area (Å²) in [5.74, 6) is -0.226. The molecule has 1 aromatic carbocycles. The summed E-state index contributed by atoms with van der Waals surface area (Å²) in [5.41, 5.74) is -3.92. The average molecular weight is 444 g/mol. The number of nitrogens with zero attached hydrogens (tertiary/aromatic N) is 1. The highest BCUT2D eigenvalue weighted by molar-refractivity contribution is 7.89. The van der Waals surface area contributed by atoms with Gasteiger partial charge in [0.25, 0.3) is 0 Å². The van der Waals surface area contributed by atoms with E-state index >= 15 is 0 Å². The number of benzene rings is 1. The number of hydrogen-bond donors (Lipinski definition) is 1. The quantitative estimate of drug-likeness (QED) is 0.712. The zero-order valence-corrected chi connectivity index (χ0v) is 15.8. The maximum absolute atomic E-state index is 13.3. The third kappa shape index (κ3) is 4.09. The van der Waals surface area contributed by atoms with Crippen molar-refractivity contribution >= 4 is 15.9 Å². The molecular formula is C17H18F6N2O3S. The van der Waals surface area contributed by atoms with Gasteiger partial charge in [0, 0.05) is 19.6 Å². The second-order valence-corrected chi connectivity index (χ2v) is 9.16. The Morgan fingerprint density at radius 3 is 2.10 bits per heavy atom. The molecule has 0 bridgehead atoms. The topological polar surface area (TPSA) is 66.5 Å². The van der Waals surface area contributed by atoms with Crippen molar-refractivity contribution in [3.8, 4) is 0 Å². The lowest BCUT2D eigenvalue weighted by atomic mass is 9.73. The molecule has 1 aromatic rings. The van der Waals surface area contributed by atoms with E-state index < -0.39 is 43.8 Å². The summed E-state index contributed by atoms with van der Waals surface area (Å²) in [7, 11) is -4.85. The molecule has 2 saturated heterocycles. The highest BCUT2D eigenvalue weighted by Gasteiger charge is 2.47. The van der Waals surface area contributed by atoms with Gasteiger partial charge in [-0.1, -0.05) is 0 Å². The van der Waals surface area contributed by atoms with Gasteiger partial charge in [0.2, 0.25) is 15.9 Å². The monoisotopic (exact) mass is 444 g/mol. The second kappa shape index (κ2) is 7.15. The first-order chi connectivity index (χ1) is 13.3. The Kier molecular flexibility index (Phi) is 5.39. The van der Waals surface area contributed by atoms with Crippen molar-refractivity contribution in [3.05, 3.63) is 29.3 Å². The van der Waals surface area contributed by atoms with Gasteiger partial charge in [-0.2, -0.15) is 30.6 Å². The van der Waals surface area contributed by atoms with Crippen molar-refractivity contribution in [1.82, 2.24) is 9.62 Å². The summed E-state index contributed by atoms with van der Waals surface area (Å²) < 4.78 is 105. The standard InChI is InChI=1S/C17H18F6N2O3S/c18-16(19,20)11-2-3-12(17(21,22)23)13(10-11)29(27,28)25-8-5-15(6-9-25)4-1-7-24-14(15)26/h2-3,10H,1,4-9H2,(H,24,26). The van der Waals surface area contributed by atoms with Gasteiger partial charge in [-0.15, -0.1) is 0 Å². The van der Waals surface area contributed by atoms with E-state index in [4.69, 9.17) is 0 Å². The molecule has 0 atom stereocenters. The van der Waals surface area contributed by atoms with Crippen LogP contribution in [-0.2, 0) is 27.2 Å². The normalized spacial score (nSPS) is 21.2. The molecule has 29 heavy (non-hydrogen) atoms. The third-order valence-electron chi connectivity index (χ3n) is 5.51. The van der Waals surface area contributed by atoms with Crippen LogP contribution in [0.4, 0.5) is 26.3 Å². The summed E-state index contributed by atoms with van der Waals surface area (Å²) in [5, 5.41) is 2.70. The van der Waals surface area contributed by atoms with Crippen LogP contribution in [-0.4, -0.2) is 38.3 Å². The van der Waals surface area contributed by atoms with Crippen LogP contribution in [0.5, 0.6) is 0 Å². The summed E-state index contributed by atoms with van der Waals surface area (Å²) in [4.78, 5) is 10.8. The molecule has 0 unspecified atom stereocenters. The van der Waals surface area contributed by atoms with E-state index in [9.17, 15) is 39.6 Å². The Morgan fingerprint density at radius 1 is 0.966 bits per heavy atom. The highest BCUT2D eigenvalue weighted by atomic mass is 32.2. The van der Waals surface area contributed by atoms with Gasteiger partial charge in [-0.25, -0.2) is 8.42 Å². The van der Waals surface area contributed by atoms with E-state index in [1.54, 1.807) is 0 Å². The molecule has 3 rings (SSSR count). The van der Waals surface area contributed by atoms with Crippen LogP contribution in [0.2, 0.25) is 0 Å². The van der Waals surface area contributed by atoms with Gasteiger partial charge in [0.15, 0.2) is 0 Å². The molecule has 1 spiro atoms. The number of sulfonamides is 1. The van der Waals surface area contributed by atoms with E-state index in [1.165, 1.54) is 0 Å². The van der Waals surface area contributed by atoms with Crippen molar-refractivity contribution in [2.24, 2.45) is 5.41 Å². The fraction of sp³-hybridized carbons (Fsp3) is 0.588. The first kappa shape index (κ1) is 21.9. The Hall–Kier alpha value is -1.82. The van der Waals surface area contributed by atoms with Crippen molar-refractivity contribution < 1.29 is 39.6 Å². The maximum Gasteiger partial charge on any atom is 0.417 e. The number of hydrogen-bond acceptors (Lipinski definition) is 3. The molecule has 0 saturated carbocycles. The largest absolute Gasteiger partial charge is 0.417 e. The molecule has 2 heterocycles. The zero-order valence-electron chi connectivity index (χ0n) is 15.0. The number of nitrogens with one attached hydrogen (secondary N) is 1. The first-order valence-corrected chi connectivity index (χ1v) is 10.3. The summed E-state index contributed by atoms with van der Waals surface area (Å²) in [6, 6.07) is 0.366. The SMILES string of the molecule is O=C1NCCCC12CCN(S(=O)(=O)c1cc(C(F)(F)F)ccc1C(F)(F)F)CC2. The molecule has 1 amide bonds. The number of carbonyl (C=O) groups is 1. The predicted octanol–water partition coefficient (Wildman–Crippen LogP) is 3.41. The summed E-state index contributed by atoms with van der Waals surface area (Å²) >= 11 is 0. The Bertz CT molecular complexity index is 903. The Morgan fingerprint density at radius 2 is 1.59 bits per heavy atom. The summed E-state index contributed by atoms with van der Waals surface area (Å²) in [6.07, 6.45) is -8.72. The van der Waals surface area contributed by atoms with Crippen molar-refractivity contribution in [1.29, 1.82) is 0 Å². The minimum absolute atomic E-state index is 0.0237. The number of halogens is 6. The van der Waals surface area contributed by atoms with Gasteiger partial charge in [-0.05, 0) is 43.9 Å². The minimum atomic E-state index is -5.15. The van der Waals surface area contributed by atoms with Gasteiger partial charge in [0.05, 0.1) is 21.4 Å². The Balaban J connectivity index is 1.96. The number of alkyl halides is 6. The molecule has 0 aliphatic carbocycles. The van der Waals surface area contributed by atoms with Gasteiger partial charge in [0.1, 0.15) is 0 Å². The fourth-order valence-corrected chi connectivity index (χ4v) is 5.53. The average Bonchev–Trinajstić information content (AvgIpc) is 2.63. The lowest BCUT2D eigenvalue weighted by Crippen LogP contribution is -2.52. The molecule has 1 N–H and O–H groups in total.